The van der Waals surface area contributed by atoms with Crippen molar-refractivity contribution in [2.75, 3.05) is 0 Å². The van der Waals surface area contributed by atoms with Crippen LogP contribution < -0.4 is 0 Å². The summed E-state index contributed by atoms with van der Waals surface area (Å²) in [5.41, 5.74) is 3.54. The minimum Gasteiger partial charge on any atom is -0.246 e. The first-order valence-corrected chi connectivity index (χ1v) is 16.6. The monoisotopic (exact) mass is 824 g/mol. The highest BCUT2D eigenvalue weighted by molar-refractivity contribution is 6.68. The van der Waals surface area contributed by atoms with Crippen molar-refractivity contribution in [2.24, 2.45) is 0 Å². The van der Waals surface area contributed by atoms with E-state index in [4.69, 9.17) is 139 Å². The molecular formula is C28H12Cl12N4. The SMILES string of the molecule is ClC(Cl)(Cl)c1ccc2ccc3ccc(C(Cl)(Cl)Cl)nc3c2n1.ClC(Cl)(Cl)c1ccc2ccc3ccc(C(Cl)(Cl)Cl)nc3c2n1. The molecule has 0 atom stereocenters. The highest BCUT2D eigenvalue weighted by Gasteiger charge is 2.28. The lowest BCUT2D eigenvalue weighted by atomic mass is 10.1. The predicted octanol–water partition coefficient (Wildman–Crippen LogP) is 12.9. The molecule has 0 saturated heterocycles. The van der Waals surface area contributed by atoms with Gasteiger partial charge in [-0.3, -0.25) is 0 Å². The molecule has 4 nitrogen and oxygen atoms in total. The molecular weight excluding hydrogens is 818 g/mol. The van der Waals surface area contributed by atoms with Crippen LogP contribution in [0.2, 0.25) is 0 Å². The van der Waals surface area contributed by atoms with Crippen molar-refractivity contribution in [3.05, 3.63) is 95.6 Å². The number of nitrogens with zero attached hydrogens (tertiary/aromatic N) is 4. The third-order valence-electron chi connectivity index (χ3n) is 6.20. The molecule has 0 fully saturated rings. The fourth-order valence-electron chi connectivity index (χ4n) is 4.17. The molecule has 4 heterocycles. The summed E-state index contributed by atoms with van der Waals surface area (Å²) in [6.07, 6.45) is 0. The maximum Gasteiger partial charge on any atom is 0.232 e. The van der Waals surface area contributed by atoms with E-state index in [-0.39, 0.29) is 0 Å². The van der Waals surface area contributed by atoms with Gasteiger partial charge in [0, 0.05) is 21.5 Å². The lowest BCUT2D eigenvalue weighted by molar-refractivity contribution is 1.10. The summed E-state index contributed by atoms with van der Waals surface area (Å²) in [7, 11) is 0. The molecule has 0 unspecified atom stereocenters. The van der Waals surface area contributed by atoms with Crippen LogP contribution in [0.4, 0.5) is 0 Å². The number of hydrogen-bond acceptors (Lipinski definition) is 4. The second-order valence-corrected chi connectivity index (χ2v) is 18.3. The molecule has 44 heavy (non-hydrogen) atoms. The number of benzene rings is 2. The molecule has 0 radical (unpaired) electrons. The van der Waals surface area contributed by atoms with Gasteiger partial charge in [0.15, 0.2) is 0 Å². The van der Waals surface area contributed by atoms with Gasteiger partial charge in [-0.1, -0.05) is 188 Å². The van der Waals surface area contributed by atoms with Crippen LogP contribution in [0.3, 0.4) is 0 Å². The summed E-state index contributed by atoms with van der Waals surface area (Å²) >= 11 is 70.8. The van der Waals surface area contributed by atoms with Crippen LogP contribution in [0.5, 0.6) is 0 Å². The Kier molecular flexibility index (Phi) is 10.2. The summed E-state index contributed by atoms with van der Waals surface area (Å²) in [5.74, 6) is 0. The van der Waals surface area contributed by atoms with Crippen molar-refractivity contribution in [1.82, 2.24) is 19.9 Å². The van der Waals surface area contributed by atoms with Crippen molar-refractivity contribution in [3.63, 3.8) is 0 Å². The maximum atomic E-state index is 5.90. The molecule has 0 aliphatic rings. The number of hydrogen-bond donors (Lipinski definition) is 0. The van der Waals surface area contributed by atoms with E-state index >= 15 is 0 Å². The van der Waals surface area contributed by atoms with Crippen LogP contribution in [0, 0.1) is 0 Å². The average Bonchev–Trinajstić information content (AvgIpc) is 2.94. The third kappa shape index (κ3) is 7.81. The lowest BCUT2D eigenvalue weighted by Gasteiger charge is -2.13. The van der Waals surface area contributed by atoms with E-state index in [1.54, 1.807) is 24.3 Å². The zero-order valence-electron chi connectivity index (χ0n) is 21.3. The van der Waals surface area contributed by atoms with Crippen LogP contribution in [0.25, 0.3) is 43.6 Å². The predicted molar refractivity (Wildman–Crippen MR) is 191 cm³/mol. The van der Waals surface area contributed by atoms with E-state index in [1.807, 2.05) is 48.5 Å². The van der Waals surface area contributed by atoms with Crippen LogP contribution in [0.1, 0.15) is 22.8 Å². The van der Waals surface area contributed by atoms with Gasteiger partial charge >= 0.3 is 0 Å². The Morgan fingerprint density at radius 3 is 0.591 bits per heavy atom. The van der Waals surface area contributed by atoms with Crippen LogP contribution in [0.15, 0.2) is 72.8 Å². The van der Waals surface area contributed by atoms with Crippen molar-refractivity contribution in [1.29, 1.82) is 0 Å². The molecule has 0 N–H and O–H groups in total. The molecule has 0 aliphatic heterocycles. The van der Waals surface area contributed by atoms with Crippen LogP contribution in [-0.4, -0.2) is 19.9 Å². The normalized spacial score (nSPS) is 13.0. The molecule has 2 aromatic carbocycles. The molecule has 0 spiro atoms. The first kappa shape index (κ1) is 34.9. The number of pyridine rings is 4. The topological polar surface area (TPSA) is 51.6 Å². The highest BCUT2D eigenvalue weighted by Crippen LogP contribution is 2.42. The Balaban J connectivity index is 0.000000175. The Hall–Kier alpha value is -0.440. The number of rotatable bonds is 0. The molecule has 0 amide bonds. The maximum absolute atomic E-state index is 5.90. The zero-order chi connectivity index (χ0) is 32.2. The Morgan fingerprint density at radius 1 is 0.273 bits per heavy atom. The van der Waals surface area contributed by atoms with Crippen LogP contribution >= 0.6 is 139 Å². The second kappa shape index (κ2) is 12.9. The summed E-state index contributed by atoms with van der Waals surface area (Å²) < 4.78 is -6.49. The van der Waals surface area contributed by atoms with Gasteiger partial charge in [0.2, 0.25) is 15.2 Å². The Morgan fingerprint density at radius 2 is 0.432 bits per heavy atom. The molecule has 228 valence electrons. The largest absolute Gasteiger partial charge is 0.246 e. The molecule has 0 saturated carbocycles. The van der Waals surface area contributed by atoms with E-state index in [0.717, 1.165) is 21.5 Å². The van der Waals surface area contributed by atoms with Gasteiger partial charge in [0.05, 0.1) is 44.8 Å². The average molecular weight is 830 g/mol. The standard InChI is InChI=1S/2C14H6Cl6N2/c2*15-13(16,17)9-5-3-7-1-2-8-4-6-10(14(18,19)20)22-12(8)11(7)21-9/h2*1-6H. The van der Waals surface area contributed by atoms with Gasteiger partial charge in [-0.05, 0) is 24.3 Å². The van der Waals surface area contributed by atoms with Gasteiger partial charge in [-0.2, -0.15) is 0 Å². The number of halogens is 12. The first-order chi connectivity index (χ1) is 20.3. The molecule has 6 aromatic rings. The van der Waals surface area contributed by atoms with E-state index in [0.29, 0.717) is 44.8 Å². The van der Waals surface area contributed by atoms with Gasteiger partial charge in [-0.15, -0.1) is 0 Å². The van der Waals surface area contributed by atoms with Crippen molar-refractivity contribution >= 4 is 183 Å². The third-order valence-corrected chi connectivity index (χ3v) is 8.52. The zero-order valence-corrected chi connectivity index (χ0v) is 30.3. The molecule has 6 rings (SSSR count). The van der Waals surface area contributed by atoms with E-state index < -0.39 is 15.2 Å². The number of aromatic nitrogens is 4. The van der Waals surface area contributed by atoms with Gasteiger partial charge < -0.3 is 0 Å². The highest BCUT2D eigenvalue weighted by atomic mass is 35.6. The Bertz CT molecular complexity index is 1730. The quantitative estimate of drug-likeness (QED) is 0.113. The first-order valence-electron chi connectivity index (χ1n) is 12.0. The summed E-state index contributed by atoms with van der Waals surface area (Å²) in [4.78, 5) is 17.6. The van der Waals surface area contributed by atoms with Gasteiger partial charge in [-0.25, -0.2) is 19.9 Å². The summed E-state index contributed by atoms with van der Waals surface area (Å²) in [5, 5.41) is 3.39. The molecule has 16 heteroatoms. The van der Waals surface area contributed by atoms with Gasteiger partial charge in [0.25, 0.3) is 0 Å². The summed E-state index contributed by atoms with van der Waals surface area (Å²) in [6, 6.07) is 21.5. The van der Waals surface area contributed by atoms with E-state index in [1.165, 1.54) is 0 Å². The lowest BCUT2D eigenvalue weighted by Crippen LogP contribution is -2.05. The van der Waals surface area contributed by atoms with Crippen molar-refractivity contribution < 1.29 is 0 Å². The fraction of sp³-hybridized carbons (Fsp3) is 0.143. The smallest absolute Gasteiger partial charge is 0.232 e. The van der Waals surface area contributed by atoms with Crippen molar-refractivity contribution in [2.45, 2.75) is 15.2 Å². The molecule has 0 aliphatic carbocycles. The minimum atomic E-state index is -1.62. The van der Waals surface area contributed by atoms with E-state index in [9.17, 15) is 0 Å². The fourth-order valence-corrected chi connectivity index (χ4v) is 5.43. The summed E-state index contributed by atoms with van der Waals surface area (Å²) in [6.45, 7) is 0. The van der Waals surface area contributed by atoms with Gasteiger partial charge in [0.1, 0.15) is 0 Å². The second-order valence-electron chi connectivity index (χ2n) is 9.20. The molecule has 4 aromatic heterocycles. The number of alkyl halides is 12. The van der Waals surface area contributed by atoms with E-state index in [2.05, 4.69) is 19.9 Å². The minimum absolute atomic E-state index is 0.304. The van der Waals surface area contributed by atoms with Crippen LogP contribution in [-0.2, 0) is 15.2 Å². The van der Waals surface area contributed by atoms with Crippen molar-refractivity contribution in [3.8, 4) is 0 Å². The Labute approximate surface area is 310 Å². The molecule has 0 bridgehead atoms. The number of fused-ring (bicyclic) bond motifs is 6.